The smallest absolute Gasteiger partial charge is 0.251 e. The minimum atomic E-state index is -0.128. The number of ether oxygens (including phenoxy) is 1. The summed E-state index contributed by atoms with van der Waals surface area (Å²) in [5.74, 6) is 0.657. The second-order valence-corrected chi connectivity index (χ2v) is 5.54. The maximum absolute atomic E-state index is 12.2. The van der Waals surface area contributed by atoms with E-state index in [4.69, 9.17) is 4.74 Å². The highest BCUT2D eigenvalue weighted by Gasteiger charge is 2.41. The molecule has 1 saturated heterocycles. The molecule has 1 heterocycles. The minimum Gasteiger partial charge on any atom is -0.508 e. The second-order valence-electron chi connectivity index (χ2n) is 5.54. The van der Waals surface area contributed by atoms with Gasteiger partial charge in [0, 0.05) is 12.2 Å². The van der Waals surface area contributed by atoms with Gasteiger partial charge >= 0.3 is 0 Å². The van der Waals surface area contributed by atoms with Gasteiger partial charge in [-0.2, -0.15) is 0 Å². The van der Waals surface area contributed by atoms with Crippen LogP contribution in [0.4, 0.5) is 0 Å². The summed E-state index contributed by atoms with van der Waals surface area (Å²) in [4.78, 5) is 12.2. The number of hydrogen-bond acceptors (Lipinski definition) is 3. The lowest BCUT2D eigenvalue weighted by Crippen LogP contribution is -2.41. The third-order valence-electron chi connectivity index (χ3n) is 4.01. The van der Waals surface area contributed by atoms with Crippen molar-refractivity contribution >= 4 is 5.91 Å². The van der Waals surface area contributed by atoms with Gasteiger partial charge in [-0.25, -0.2) is 0 Å². The summed E-state index contributed by atoms with van der Waals surface area (Å²) in [5.41, 5.74) is 1.28. The van der Waals surface area contributed by atoms with Crippen LogP contribution in [0.25, 0.3) is 0 Å². The Morgan fingerprint density at radius 3 is 2.84 bits per heavy atom. The zero-order valence-corrected chi connectivity index (χ0v) is 11.1. The molecule has 1 saturated carbocycles. The van der Waals surface area contributed by atoms with Crippen LogP contribution in [0.3, 0.4) is 0 Å². The summed E-state index contributed by atoms with van der Waals surface area (Å²) in [5, 5.41) is 12.7. The van der Waals surface area contributed by atoms with Gasteiger partial charge in [0.2, 0.25) is 0 Å². The molecule has 1 aliphatic heterocycles. The van der Waals surface area contributed by atoms with E-state index in [2.05, 4.69) is 5.32 Å². The molecule has 2 fully saturated rings. The van der Waals surface area contributed by atoms with Crippen molar-refractivity contribution in [2.75, 3.05) is 6.61 Å². The summed E-state index contributed by atoms with van der Waals surface area (Å²) in [6.07, 6.45) is 3.48. The first-order valence-electron chi connectivity index (χ1n) is 6.87. The molecule has 1 amide bonds. The van der Waals surface area contributed by atoms with Gasteiger partial charge in [0.15, 0.2) is 0 Å². The number of hydrogen-bond donors (Lipinski definition) is 2. The Morgan fingerprint density at radius 1 is 1.37 bits per heavy atom. The molecule has 1 aromatic rings. The molecule has 0 aromatic heterocycles. The van der Waals surface area contributed by atoms with E-state index in [0.29, 0.717) is 11.5 Å². The van der Waals surface area contributed by atoms with Gasteiger partial charge in [-0.05, 0) is 49.8 Å². The minimum absolute atomic E-state index is 0.114. The number of nitrogens with one attached hydrogen (secondary N) is 1. The second kappa shape index (κ2) is 4.85. The number of aryl methyl sites for hydroxylation is 1. The Balaban J connectivity index is 1.68. The third kappa shape index (κ3) is 2.59. The van der Waals surface area contributed by atoms with Crippen molar-refractivity contribution in [2.24, 2.45) is 5.92 Å². The molecule has 3 rings (SSSR count). The van der Waals surface area contributed by atoms with Crippen LogP contribution >= 0.6 is 0 Å². The van der Waals surface area contributed by atoms with E-state index in [9.17, 15) is 9.90 Å². The normalized spacial score (nSPS) is 26.4. The van der Waals surface area contributed by atoms with Gasteiger partial charge in [-0.3, -0.25) is 4.79 Å². The van der Waals surface area contributed by atoms with Gasteiger partial charge < -0.3 is 15.2 Å². The van der Waals surface area contributed by atoms with Crippen LogP contribution in [0.2, 0.25) is 0 Å². The molecule has 2 atom stereocenters. The molecular weight excluding hydrogens is 242 g/mol. The maximum Gasteiger partial charge on any atom is 0.251 e. The van der Waals surface area contributed by atoms with Gasteiger partial charge in [0.25, 0.3) is 5.91 Å². The van der Waals surface area contributed by atoms with Crippen LogP contribution in [0.15, 0.2) is 18.2 Å². The zero-order chi connectivity index (χ0) is 13.4. The van der Waals surface area contributed by atoms with Gasteiger partial charge in [0.05, 0.1) is 12.1 Å². The molecule has 1 aliphatic carbocycles. The average molecular weight is 261 g/mol. The molecule has 0 bridgehead atoms. The van der Waals surface area contributed by atoms with E-state index in [-0.39, 0.29) is 23.8 Å². The van der Waals surface area contributed by atoms with Crippen LogP contribution in [0, 0.1) is 12.8 Å². The van der Waals surface area contributed by atoms with Gasteiger partial charge in [-0.1, -0.05) is 6.07 Å². The number of rotatable bonds is 3. The molecule has 2 N–H and O–H groups in total. The van der Waals surface area contributed by atoms with Gasteiger partial charge in [0.1, 0.15) is 5.75 Å². The molecule has 0 radical (unpaired) electrons. The van der Waals surface area contributed by atoms with Crippen molar-refractivity contribution in [2.45, 2.75) is 38.3 Å². The van der Waals surface area contributed by atoms with Gasteiger partial charge in [-0.15, -0.1) is 0 Å². The number of carbonyl (C=O) groups excluding carboxylic acids is 1. The molecule has 2 unspecified atom stereocenters. The summed E-state index contributed by atoms with van der Waals surface area (Å²) in [7, 11) is 0. The SMILES string of the molecule is Cc1ccc(C(=O)NC2CCOC2C2CC2)cc1O. The van der Waals surface area contributed by atoms with E-state index in [0.717, 1.165) is 18.6 Å². The van der Waals surface area contributed by atoms with E-state index >= 15 is 0 Å². The van der Waals surface area contributed by atoms with E-state index in [1.54, 1.807) is 12.1 Å². The summed E-state index contributed by atoms with van der Waals surface area (Å²) in [6.45, 7) is 2.54. The highest BCUT2D eigenvalue weighted by atomic mass is 16.5. The first-order valence-corrected chi connectivity index (χ1v) is 6.87. The zero-order valence-electron chi connectivity index (χ0n) is 11.1. The standard InChI is InChI=1S/C15H19NO3/c1-9-2-3-11(8-13(9)17)15(18)16-12-6-7-19-14(12)10-4-5-10/h2-3,8,10,12,14,17H,4-7H2,1H3,(H,16,18). The Hall–Kier alpha value is -1.55. The van der Waals surface area contributed by atoms with E-state index in [1.165, 1.54) is 18.9 Å². The van der Waals surface area contributed by atoms with Crippen molar-refractivity contribution in [3.8, 4) is 5.75 Å². The Bertz CT molecular complexity index is 496. The molecule has 4 nitrogen and oxygen atoms in total. The first-order chi connectivity index (χ1) is 9.15. The number of amides is 1. The number of aromatic hydroxyl groups is 1. The van der Waals surface area contributed by atoms with Crippen LogP contribution in [0.1, 0.15) is 35.2 Å². The number of phenolic OH excluding ortho intramolecular Hbond substituents is 1. The number of carbonyl (C=O) groups is 1. The predicted octanol–water partition coefficient (Wildman–Crippen LogP) is 2.00. The lowest BCUT2D eigenvalue weighted by Gasteiger charge is -2.19. The molecule has 19 heavy (non-hydrogen) atoms. The molecule has 4 heteroatoms. The molecular formula is C15H19NO3. The van der Waals surface area contributed by atoms with Crippen molar-refractivity contribution < 1.29 is 14.6 Å². The van der Waals surface area contributed by atoms with Crippen LogP contribution in [0.5, 0.6) is 5.75 Å². The van der Waals surface area contributed by atoms with Crippen LogP contribution < -0.4 is 5.32 Å². The topological polar surface area (TPSA) is 58.6 Å². The maximum atomic E-state index is 12.2. The highest BCUT2D eigenvalue weighted by Crippen LogP contribution is 2.38. The summed E-state index contributed by atoms with van der Waals surface area (Å²) >= 11 is 0. The third-order valence-corrected chi connectivity index (χ3v) is 4.01. The largest absolute Gasteiger partial charge is 0.508 e. The fourth-order valence-electron chi connectivity index (χ4n) is 2.66. The molecule has 1 aromatic carbocycles. The number of phenols is 1. The van der Waals surface area contributed by atoms with Crippen molar-refractivity contribution in [3.63, 3.8) is 0 Å². The molecule has 0 spiro atoms. The number of benzene rings is 1. The summed E-state index contributed by atoms with van der Waals surface area (Å²) < 4.78 is 5.70. The lowest BCUT2D eigenvalue weighted by atomic mass is 10.1. The fraction of sp³-hybridized carbons (Fsp3) is 0.533. The average Bonchev–Trinajstić information content (AvgIpc) is 3.13. The Kier molecular flexibility index (Phi) is 3.19. The van der Waals surface area contributed by atoms with E-state index < -0.39 is 0 Å². The van der Waals surface area contributed by atoms with E-state index in [1.807, 2.05) is 6.92 Å². The van der Waals surface area contributed by atoms with Crippen molar-refractivity contribution in [1.82, 2.24) is 5.32 Å². The predicted molar refractivity (Wildman–Crippen MR) is 71.2 cm³/mol. The van der Waals surface area contributed by atoms with Crippen LogP contribution in [-0.4, -0.2) is 29.8 Å². The highest BCUT2D eigenvalue weighted by molar-refractivity contribution is 5.95. The fourth-order valence-corrected chi connectivity index (χ4v) is 2.66. The summed E-state index contributed by atoms with van der Waals surface area (Å²) in [6, 6.07) is 5.13. The Morgan fingerprint density at radius 2 is 2.16 bits per heavy atom. The van der Waals surface area contributed by atoms with Crippen molar-refractivity contribution in [3.05, 3.63) is 29.3 Å². The van der Waals surface area contributed by atoms with Crippen molar-refractivity contribution in [1.29, 1.82) is 0 Å². The monoisotopic (exact) mass is 261 g/mol. The lowest BCUT2D eigenvalue weighted by molar-refractivity contribution is 0.0729. The molecule has 2 aliphatic rings. The molecule has 102 valence electrons. The first kappa shape index (κ1) is 12.5. The Labute approximate surface area is 112 Å². The van der Waals surface area contributed by atoms with Crippen LogP contribution in [-0.2, 0) is 4.74 Å². The quantitative estimate of drug-likeness (QED) is 0.875.